The van der Waals surface area contributed by atoms with Gasteiger partial charge in [0.1, 0.15) is 5.75 Å². The number of benzene rings is 1. The predicted molar refractivity (Wildman–Crippen MR) is 126 cm³/mol. The molecule has 1 aliphatic rings. The minimum Gasteiger partial charge on any atom is -0.494 e. The van der Waals surface area contributed by atoms with Gasteiger partial charge in [0.05, 0.1) is 19.7 Å². The lowest BCUT2D eigenvalue weighted by molar-refractivity contribution is -0.131. The molecule has 0 bridgehead atoms. The fourth-order valence-electron chi connectivity index (χ4n) is 4.02. The maximum Gasteiger partial charge on any atom is 0.242 e. The Morgan fingerprint density at radius 3 is 2.32 bits per heavy atom. The summed E-state index contributed by atoms with van der Waals surface area (Å²) in [6.45, 7) is 13.3. The van der Waals surface area contributed by atoms with Gasteiger partial charge in [-0.05, 0) is 58.2 Å². The van der Waals surface area contributed by atoms with Crippen molar-refractivity contribution in [1.82, 2.24) is 15.1 Å². The quantitative estimate of drug-likeness (QED) is 0.455. The van der Waals surface area contributed by atoms with E-state index < -0.39 is 0 Å². The smallest absolute Gasteiger partial charge is 0.242 e. The average Bonchev–Trinajstić information content (AvgIpc) is 2.78. The van der Waals surface area contributed by atoms with E-state index in [1.807, 2.05) is 56.7 Å². The van der Waals surface area contributed by atoms with Gasteiger partial charge in [-0.3, -0.25) is 9.79 Å². The Balaban J connectivity index is 2.21. The number of likely N-dealkylation sites (N-methyl/N-ethyl adjacent to an activating group) is 2. The number of carbonyl (C=O) groups is 1. The molecule has 2 rings (SSSR count). The molecule has 0 unspecified atom stereocenters. The molecule has 0 spiro atoms. The predicted octanol–water partition coefficient (Wildman–Crippen LogP) is 2.90. The zero-order valence-electron chi connectivity index (χ0n) is 19.9. The summed E-state index contributed by atoms with van der Waals surface area (Å²) in [6, 6.07) is 8.40. The molecule has 7 heteroatoms. The Morgan fingerprint density at radius 1 is 1.13 bits per heavy atom. The molecule has 1 aromatic carbocycles. The van der Waals surface area contributed by atoms with Gasteiger partial charge in [-0.1, -0.05) is 12.1 Å². The van der Waals surface area contributed by atoms with Crippen LogP contribution >= 0.6 is 0 Å². The van der Waals surface area contributed by atoms with Gasteiger partial charge in [-0.25, -0.2) is 0 Å². The molecule has 1 heterocycles. The average molecular weight is 433 g/mol. The number of nitrogens with zero attached hydrogens (tertiary/aromatic N) is 3. The minimum atomic E-state index is -0.0760. The van der Waals surface area contributed by atoms with Crippen molar-refractivity contribution in [2.24, 2.45) is 4.99 Å². The van der Waals surface area contributed by atoms with Crippen molar-refractivity contribution < 1.29 is 14.3 Å². The lowest BCUT2D eigenvalue weighted by Gasteiger charge is -2.37. The zero-order valence-corrected chi connectivity index (χ0v) is 19.9. The third kappa shape index (κ3) is 6.86. The summed E-state index contributed by atoms with van der Waals surface area (Å²) < 4.78 is 11.3. The van der Waals surface area contributed by atoms with Crippen LogP contribution in [0.5, 0.6) is 5.75 Å². The third-order valence-corrected chi connectivity index (χ3v) is 5.94. The van der Waals surface area contributed by atoms with E-state index in [-0.39, 0.29) is 11.3 Å². The first-order valence-corrected chi connectivity index (χ1v) is 11.6. The Bertz CT molecular complexity index is 695. The first-order chi connectivity index (χ1) is 15.0. The van der Waals surface area contributed by atoms with Gasteiger partial charge in [0.2, 0.25) is 5.91 Å². The molecule has 1 fully saturated rings. The fourth-order valence-corrected chi connectivity index (χ4v) is 4.02. The van der Waals surface area contributed by atoms with Crippen molar-refractivity contribution in [2.75, 3.05) is 59.6 Å². The van der Waals surface area contributed by atoms with E-state index in [0.717, 1.165) is 57.4 Å². The lowest BCUT2D eigenvalue weighted by Crippen LogP contribution is -2.46. The van der Waals surface area contributed by atoms with Crippen LogP contribution in [0.25, 0.3) is 0 Å². The van der Waals surface area contributed by atoms with E-state index in [4.69, 9.17) is 14.5 Å². The van der Waals surface area contributed by atoms with Crippen LogP contribution in [0.1, 0.15) is 46.1 Å². The van der Waals surface area contributed by atoms with Crippen molar-refractivity contribution in [3.63, 3.8) is 0 Å². The largest absolute Gasteiger partial charge is 0.494 e. The molecule has 1 aromatic rings. The second-order valence-corrected chi connectivity index (χ2v) is 7.94. The molecule has 31 heavy (non-hydrogen) atoms. The van der Waals surface area contributed by atoms with Gasteiger partial charge < -0.3 is 24.6 Å². The monoisotopic (exact) mass is 432 g/mol. The Kier molecular flexibility index (Phi) is 10.1. The normalized spacial score (nSPS) is 16.0. The highest BCUT2D eigenvalue weighted by Crippen LogP contribution is 2.36. The van der Waals surface area contributed by atoms with Gasteiger partial charge in [-0.2, -0.15) is 0 Å². The second-order valence-electron chi connectivity index (χ2n) is 7.94. The SMILES string of the molecule is CCNC(=NCC1(c2ccc(OCC)cc2)CCOCC1)N(C)CC(=O)N(CC)CC. The number of guanidine groups is 1. The number of rotatable bonds is 10. The summed E-state index contributed by atoms with van der Waals surface area (Å²) in [5.74, 6) is 1.77. The van der Waals surface area contributed by atoms with Crippen molar-refractivity contribution in [3.8, 4) is 5.75 Å². The second kappa shape index (κ2) is 12.5. The molecule has 0 radical (unpaired) electrons. The molecule has 7 nitrogen and oxygen atoms in total. The first-order valence-electron chi connectivity index (χ1n) is 11.6. The number of aliphatic imine (C=N–C) groups is 1. The molecule has 1 saturated heterocycles. The van der Waals surface area contributed by atoms with Gasteiger partial charge in [0.25, 0.3) is 0 Å². The number of ether oxygens (including phenoxy) is 2. The summed E-state index contributed by atoms with van der Waals surface area (Å²) in [5.41, 5.74) is 1.19. The minimum absolute atomic E-state index is 0.0760. The molecular weight excluding hydrogens is 392 g/mol. The summed E-state index contributed by atoms with van der Waals surface area (Å²) in [4.78, 5) is 21.3. The zero-order chi connectivity index (χ0) is 22.7. The topological polar surface area (TPSA) is 66.4 Å². The van der Waals surface area contributed by atoms with E-state index in [0.29, 0.717) is 19.7 Å². The maximum atomic E-state index is 12.6. The van der Waals surface area contributed by atoms with Crippen LogP contribution in [0, 0.1) is 0 Å². The first kappa shape index (κ1) is 25.0. The highest BCUT2D eigenvalue weighted by Gasteiger charge is 2.34. The van der Waals surface area contributed by atoms with E-state index in [9.17, 15) is 4.79 Å². The molecule has 0 atom stereocenters. The van der Waals surface area contributed by atoms with Crippen molar-refractivity contribution in [2.45, 2.75) is 46.0 Å². The summed E-state index contributed by atoms with van der Waals surface area (Å²) in [6.07, 6.45) is 1.85. The molecule has 1 aliphatic heterocycles. The molecule has 1 N–H and O–H groups in total. The van der Waals surface area contributed by atoms with E-state index in [1.54, 1.807) is 0 Å². The number of hydrogen-bond acceptors (Lipinski definition) is 4. The number of carbonyl (C=O) groups excluding carboxylic acids is 1. The lowest BCUT2D eigenvalue weighted by atomic mass is 9.74. The standard InChI is InChI=1S/C24H40N4O3/c1-6-25-23(27(5)18-22(29)28(7-2)8-3)26-19-24(14-16-30-17-15-24)20-10-12-21(13-11-20)31-9-4/h10-13H,6-9,14-19H2,1-5H3,(H,25,26). The van der Waals surface area contributed by atoms with Crippen LogP contribution in [0.3, 0.4) is 0 Å². The van der Waals surface area contributed by atoms with Crippen LogP contribution in [-0.4, -0.2) is 81.3 Å². The highest BCUT2D eigenvalue weighted by molar-refractivity contribution is 5.86. The van der Waals surface area contributed by atoms with E-state index >= 15 is 0 Å². The van der Waals surface area contributed by atoms with Gasteiger partial charge in [-0.15, -0.1) is 0 Å². The Morgan fingerprint density at radius 2 is 1.77 bits per heavy atom. The van der Waals surface area contributed by atoms with Gasteiger partial charge in [0, 0.05) is 45.3 Å². The number of nitrogens with one attached hydrogen (secondary N) is 1. The molecule has 0 aromatic heterocycles. The molecular formula is C24H40N4O3. The van der Waals surface area contributed by atoms with E-state index in [2.05, 4.69) is 17.4 Å². The van der Waals surface area contributed by atoms with Gasteiger partial charge in [0.15, 0.2) is 5.96 Å². The Labute approximate surface area is 187 Å². The van der Waals surface area contributed by atoms with Crippen LogP contribution in [0.15, 0.2) is 29.3 Å². The molecule has 0 saturated carbocycles. The number of amides is 1. The van der Waals surface area contributed by atoms with Crippen molar-refractivity contribution in [3.05, 3.63) is 29.8 Å². The number of hydrogen-bond donors (Lipinski definition) is 1. The molecule has 174 valence electrons. The van der Waals surface area contributed by atoms with Gasteiger partial charge >= 0.3 is 0 Å². The van der Waals surface area contributed by atoms with E-state index in [1.165, 1.54) is 5.56 Å². The third-order valence-electron chi connectivity index (χ3n) is 5.94. The van der Waals surface area contributed by atoms with Crippen molar-refractivity contribution >= 4 is 11.9 Å². The van der Waals surface area contributed by atoms with Crippen molar-refractivity contribution in [1.29, 1.82) is 0 Å². The maximum absolute atomic E-state index is 12.6. The summed E-state index contributed by atoms with van der Waals surface area (Å²) >= 11 is 0. The molecule has 1 amide bonds. The Hall–Kier alpha value is -2.28. The highest BCUT2D eigenvalue weighted by atomic mass is 16.5. The van der Waals surface area contributed by atoms with Crippen LogP contribution in [0.4, 0.5) is 0 Å². The van der Waals surface area contributed by atoms with Crippen LogP contribution < -0.4 is 10.1 Å². The van der Waals surface area contributed by atoms with Crippen LogP contribution in [0.2, 0.25) is 0 Å². The van der Waals surface area contributed by atoms with Crippen LogP contribution in [-0.2, 0) is 14.9 Å². The summed E-state index contributed by atoms with van der Waals surface area (Å²) in [7, 11) is 1.93. The summed E-state index contributed by atoms with van der Waals surface area (Å²) in [5, 5.41) is 3.35. The fraction of sp³-hybridized carbons (Fsp3) is 0.667. The molecule has 0 aliphatic carbocycles.